The van der Waals surface area contributed by atoms with Crippen molar-refractivity contribution in [2.75, 3.05) is 4.72 Å². The third-order valence-electron chi connectivity index (χ3n) is 2.30. The van der Waals surface area contributed by atoms with Crippen molar-refractivity contribution < 1.29 is 18.3 Å². The topological polar surface area (TPSA) is 114 Å². The van der Waals surface area contributed by atoms with E-state index in [1.807, 2.05) is 0 Å². The van der Waals surface area contributed by atoms with Gasteiger partial charge in [-0.15, -0.1) is 0 Å². The highest BCUT2D eigenvalue weighted by molar-refractivity contribution is 7.92. The Morgan fingerprint density at radius 3 is 2.53 bits per heavy atom. The van der Waals surface area contributed by atoms with Crippen LogP contribution in [0.25, 0.3) is 0 Å². The number of nitrogens with zero attached hydrogens (tertiary/aromatic N) is 3. The minimum Gasteiger partial charge on any atom is -0.477 e. The standard InChI is InChI=1S/C10H10N4O4S/c1-14-6-7(5-8(14)9(15)16)19(17,18)13-10-11-3-2-4-12-10/h2-6H,1H3,(H,15,16)(H,11,12,13). The van der Waals surface area contributed by atoms with Crippen LogP contribution in [0.1, 0.15) is 10.5 Å². The minimum atomic E-state index is -3.91. The summed E-state index contributed by atoms with van der Waals surface area (Å²) in [6, 6.07) is 2.61. The van der Waals surface area contributed by atoms with Gasteiger partial charge in [-0.25, -0.2) is 27.9 Å². The van der Waals surface area contributed by atoms with E-state index in [0.29, 0.717) is 0 Å². The van der Waals surface area contributed by atoms with E-state index < -0.39 is 16.0 Å². The molecule has 0 saturated heterocycles. The Labute approximate surface area is 108 Å². The van der Waals surface area contributed by atoms with Gasteiger partial charge in [-0.3, -0.25) is 0 Å². The van der Waals surface area contributed by atoms with E-state index in [9.17, 15) is 13.2 Å². The second kappa shape index (κ2) is 4.69. The Morgan fingerprint density at radius 2 is 2.00 bits per heavy atom. The number of nitrogens with one attached hydrogen (secondary N) is 1. The van der Waals surface area contributed by atoms with Crippen LogP contribution in [0.5, 0.6) is 0 Å². The molecule has 0 aliphatic heterocycles. The Balaban J connectivity index is 2.35. The second-order valence-electron chi connectivity index (χ2n) is 3.66. The number of rotatable bonds is 4. The Morgan fingerprint density at radius 1 is 1.37 bits per heavy atom. The summed E-state index contributed by atoms with van der Waals surface area (Å²) >= 11 is 0. The van der Waals surface area contributed by atoms with Crippen LogP contribution < -0.4 is 4.72 Å². The zero-order valence-electron chi connectivity index (χ0n) is 9.81. The number of aryl methyl sites for hydroxylation is 1. The van der Waals surface area contributed by atoms with E-state index in [2.05, 4.69) is 14.7 Å². The maximum Gasteiger partial charge on any atom is 0.352 e. The second-order valence-corrected chi connectivity index (χ2v) is 5.34. The Hall–Kier alpha value is -2.42. The smallest absolute Gasteiger partial charge is 0.352 e. The lowest BCUT2D eigenvalue weighted by molar-refractivity contribution is 0.0686. The van der Waals surface area contributed by atoms with E-state index in [1.165, 1.54) is 30.2 Å². The fraction of sp³-hybridized carbons (Fsp3) is 0.100. The molecule has 2 aromatic heterocycles. The molecule has 0 amide bonds. The van der Waals surface area contributed by atoms with E-state index in [-0.39, 0.29) is 16.5 Å². The molecule has 0 fully saturated rings. The molecule has 2 rings (SSSR count). The molecular weight excluding hydrogens is 272 g/mol. The van der Waals surface area contributed by atoms with Crippen molar-refractivity contribution in [3.05, 3.63) is 36.4 Å². The highest BCUT2D eigenvalue weighted by atomic mass is 32.2. The number of carbonyl (C=O) groups is 1. The van der Waals surface area contributed by atoms with Crippen LogP contribution in [0.15, 0.2) is 35.6 Å². The molecular formula is C10H10N4O4S. The number of hydrogen-bond donors (Lipinski definition) is 2. The largest absolute Gasteiger partial charge is 0.477 e. The number of aromatic nitrogens is 3. The van der Waals surface area contributed by atoms with Gasteiger partial charge in [-0.1, -0.05) is 0 Å². The van der Waals surface area contributed by atoms with Gasteiger partial charge >= 0.3 is 5.97 Å². The number of aromatic carboxylic acids is 1. The molecule has 19 heavy (non-hydrogen) atoms. The quantitative estimate of drug-likeness (QED) is 0.834. The van der Waals surface area contributed by atoms with Crippen molar-refractivity contribution in [3.63, 3.8) is 0 Å². The molecule has 0 aliphatic rings. The molecule has 0 aliphatic carbocycles. The van der Waals surface area contributed by atoms with Crippen LogP contribution in [0.2, 0.25) is 0 Å². The van der Waals surface area contributed by atoms with Crippen LogP contribution in [-0.4, -0.2) is 34.0 Å². The van der Waals surface area contributed by atoms with Gasteiger partial charge in [0.15, 0.2) is 0 Å². The van der Waals surface area contributed by atoms with E-state index >= 15 is 0 Å². The molecule has 0 aromatic carbocycles. The summed E-state index contributed by atoms with van der Waals surface area (Å²) in [5.74, 6) is -1.29. The SMILES string of the molecule is Cn1cc(S(=O)(=O)Nc2ncccn2)cc1C(=O)O. The minimum absolute atomic E-state index is 0.0803. The first-order chi connectivity index (χ1) is 8.90. The number of carboxylic acids is 1. The first-order valence-electron chi connectivity index (χ1n) is 5.09. The van der Waals surface area contributed by atoms with Gasteiger partial charge in [0.2, 0.25) is 5.95 Å². The summed E-state index contributed by atoms with van der Waals surface area (Å²) in [6.45, 7) is 0. The molecule has 0 bridgehead atoms. The maximum absolute atomic E-state index is 12.0. The summed E-state index contributed by atoms with van der Waals surface area (Å²) < 4.78 is 27.4. The third-order valence-corrected chi connectivity index (χ3v) is 3.60. The number of hydrogen-bond acceptors (Lipinski definition) is 5. The van der Waals surface area contributed by atoms with Crippen LogP contribution >= 0.6 is 0 Å². The van der Waals surface area contributed by atoms with Gasteiger partial charge in [-0.2, -0.15) is 0 Å². The van der Waals surface area contributed by atoms with Crippen LogP contribution in [-0.2, 0) is 17.1 Å². The molecule has 2 heterocycles. The fourth-order valence-electron chi connectivity index (χ4n) is 1.42. The lowest BCUT2D eigenvalue weighted by Crippen LogP contribution is -2.14. The summed E-state index contributed by atoms with van der Waals surface area (Å²) in [5.41, 5.74) is -0.130. The number of anilines is 1. The van der Waals surface area contributed by atoms with Gasteiger partial charge in [0, 0.05) is 25.6 Å². The van der Waals surface area contributed by atoms with Crippen LogP contribution in [0.3, 0.4) is 0 Å². The summed E-state index contributed by atoms with van der Waals surface area (Å²) in [6.07, 6.45) is 3.98. The number of carboxylic acid groups (broad SMARTS) is 1. The highest BCUT2D eigenvalue weighted by Gasteiger charge is 2.20. The van der Waals surface area contributed by atoms with Crippen molar-refractivity contribution in [2.45, 2.75) is 4.90 Å². The van der Waals surface area contributed by atoms with Gasteiger partial charge in [0.25, 0.3) is 10.0 Å². The lowest BCUT2D eigenvalue weighted by Gasteiger charge is -2.03. The van der Waals surface area contributed by atoms with E-state index in [1.54, 1.807) is 6.07 Å². The predicted molar refractivity (Wildman–Crippen MR) is 65.2 cm³/mol. The maximum atomic E-state index is 12.0. The summed E-state index contributed by atoms with van der Waals surface area (Å²) in [5, 5.41) is 8.87. The van der Waals surface area contributed by atoms with Gasteiger partial charge in [-0.05, 0) is 12.1 Å². The normalized spacial score (nSPS) is 11.2. The Kier molecular flexibility index (Phi) is 3.21. The first-order valence-corrected chi connectivity index (χ1v) is 6.58. The number of sulfonamides is 1. The van der Waals surface area contributed by atoms with Gasteiger partial charge < -0.3 is 9.67 Å². The zero-order valence-corrected chi connectivity index (χ0v) is 10.6. The fourth-order valence-corrected chi connectivity index (χ4v) is 2.45. The molecule has 0 saturated carbocycles. The average Bonchev–Trinajstić information content (AvgIpc) is 2.73. The lowest BCUT2D eigenvalue weighted by atomic mass is 10.4. The first kappa shape index (κ1) is 13.0. The highest BCUT2D eigenvalue weighted by Crippen LogP contribution is 2.16. The van der Waals surface area contributed by atoms with E-state index in [4.69, 9.17) is 5.11 Å². The summed E-state index contributed by atoms with van der Waals surface area (Å²) in [7, 11) is -2.46. The summed E-state index contributed by atoms with van der Waals surface area (Å²) in [4.78, 5) is 18.2. The third kappa shape index (κ3) is 2.71. The average molecular weight is 282 g/mol. The molecule has 2 aromatic rings. The monoisotopic (exact) mass is 282 g/mol. The molecule has 0 spiro atoms. The molecule has 0 unspecified atom stereocenters. The van der Waals surface area contributed by atoms with Crippen LogP contribution in [0.4, 0.5) is 5.95 Å². The molecule has 100 valence electrons. The molecule has 8 nitrogen and oxygen atoms in total. The van der Waals surface area contributed by atoms with Crippen molar-refractivity contribution in [3.8, 4) is 0 Å². The van der Waals surface area contributed by atoms with Gasteiger partial charge in [0.05, 0.1) is 0 Å². The molecule has 2 N–H and O–H groups in total. The van der Waals surface area contributed by atoms with Crippen LogP contribution in [0, 0.1) is 0 Å². The molecule has 0 radical (unpaired) electrons. The Bertz CT molecular complexity index is 708. The molecule has 0 atom stereocenters. The van der Waals surface area contributed by atoms with Crippen molar-refractivity contribution in [1.29, 1.82) is 0 Å². The van der Waals surface area contributed by atoms with Gasteiger partial charge in [0.1, 0.15) is 10.6 Å². The zero-order chi connectivity index (χ0) is 14.0. The van der Waals surface area contributed by atoms with Crippen molar-refractivity contribution in [2.24, 2.45) is 7.05 Å². The predicted octanol–water partition coefficient (Wildman–Crippen LogP) is 0.314. The van der Waals surface area contributed by atoms with E-state index in [0.717, 1.165) is 6.07 Å². The molecule has 9 heteroatoms. The van der Waals surface area contributed by atoms with Crippen molar-refractivity contribution in [1.82, 2.24) is 14.5 Å². The van der Waals surface area contributed by atoms with Crippen molar-refractivity contribution >= 4 is 21.9 Å².